The summed E-state index contributed by atoms with van der Waals surface area (Å²) in [6, 6.07) is 13.6. The summed E-state index contributed by atoms with van der Waals surface area (Å²) >= 11 is 0. The van der Waals surface area contributed by atoms with Crippen molar-refractivity contribution in [1.29, 1.82) is 0 Å². The van der Waals surface area contributed by atoms with E-state index < -0.39 is 0 Å². The molecule has 0 bridgehead atoms. The lowest BCUT2D eigenvalue weighted by molar-refractivity contribution is 0.0956. The molecule has 0 aliphatic heterocycles. The zero-order chi connectivity index (χ0) is 15.4. The van der Waals surface area contributed by atoms with Crippen molar-refractivity contribution >= 4 is 23.0 Å². The van der Waals surface area contributed by atoms with Gasteiger partial charge >= 0.3 is 0 Å². The van der Waals surface area contributed by atoms with E-state index in [2.05, 4.69) is 24.4 Å². The summed E-state index contributed by atoms with van der Waals surface area (Å²) in [5.74, 6) is -0.103. The third-order valence-corrected chi connectivity index (χ3v) is 3.41. The van der Waals surface area contributed by atoms with Crippen molar-refractivity contribution in [3.05, 3.63) is 53.6 Å². The highest BCUT2D eigenvalue weighted by atomic mass is 16.1. The summed E-state index contributed by atoms with van der Waals surface area (Å²) in [5.41, 5.74) is 10.4. The molecule has 0 unspecified atom stereocenters. The maximum atomic E-state index is 11.8. The summed E-state index contributed by atoms with van der Waals surface area (Å²) in [6.07, 6.45) is 0. The Morgan fingerprint density at radius 3 is 2.43 bits per heavy atom. The van der Waals surface area contributed by atoms with Crippen LogP contribution in [-0.4, -0.2) is 19.5 Å². The molecule has 0 spiro atoms. The number of benzene rings is 2. The number of hydrogen-bond donors (Lipinski definition) is 2. The summed E-state index contributed by atoms with van der Waals surface area (Å²) < 4.78 is 0. The molecule has 110 valence electrons. The van der Waals surface area contributed by atoms with Crippen molar-refractivity contribution < 1.29 is 4.79 Å². The normalized spacial score (nSPS) is 10.2. The number of nitrogen functional groups attached to an aromatic ring is 1. The number of hydrogen-bond acceptors (Lipinski definition) is 3. The number of nitrogens with one attached hydrogen (secondary N) is 1. The van der Waals surface area contributed by atoms with E-state index >= 15 is 0 Å². The Labute approximate surface area is 125 Å². The van der Waals surface area contributed by atoms with Gasteiger partial charge in [-0.3, -0.25) is 4.79 Å². The Kier molecular flexibility index (Phi) is 4.48. The molecule has 0 heterocycles. The van der Waals surface area contributed by atoms with E-state index in [9.17, 15) is 4.79 Å². The molecule has 21 heavy (non-hydrogen) atoms. The second-order valence-corrected chi connectivity index (χ2v) is 5.03. The molecule has 0 fully saturated rings. The minimum Gasteiger partial charge on any atom is -0.397 e. The highest BCUT2D eigenvalue weighted by molar-refractivity contribution is 5.96. The third-order valence-electron chi connectivity index (χ3n) is 3.41. The number of rotatable bonds is 4. The van der Waals surface area contributed by atoms with E-state index in [1.165, 1.54) is 5.56 Å². The van der Waals surface area contributed by atoms with E-state index in [-0.39, 0.29) is 5.91 Å². The van der Waals surface area contributed by atoms with Gasteiger partial charge in [0.05, 0.1) is 11.4 Å². The maximum Gasteiger partial charge on any atom is 0.251 e. The highest BCUT2D eigenvalue weighted by Gasteiger charge is 2.11. The molecule has 0 saturated heterocycles. The number of anilines is 3. The van der Waals surface area contributed by atoms with Crippen LogP contribution in [0.4, 0.5) is 17.1 Å². The van der Waals surface area contributed by atoms with Crippen LogP contribution in [0.5, 0.6) is 0 Å². The largest absolute Gasteiger partial charge is 0.397 e. The molecule has 0 saturated carbocycles. The second-order valence-electron chi connectivity index (χ2n) is 5.03. The molecule has 0 aromatic heterocycles. The Morgan fingerprint density at radius 2 is 1.86 bits per heavy atom. The second kappa shape index (κ2) is 6.31. The number of carbonyl (C=O) groups excluding carboxylic acids is 1. The molecule has 0 aliphatic carbocycles. The van der Waals surface area contributed by atoms with Crippen molar-refractivity contribution in [3.8, 4) is 0 Å². The molecule has 2 rings (SSSR count). The zero-order valence-electron chi connectivity index (χ0n) is 12.7. The summed E-state index contributed by atoms with van der Waals surface area (Å²) in [4.78, 5) is 13.8. The van der Waals surface area contributed by atoms with Crippen LogP contribution < -0.4 is 16.0 Å². The Balaban J connectivity index is 2.28. The van der Waals surface area contributed by atoms with Gasteiger partial charge in [-0.1, -0.05) is 17.7 Å². The topological polar surface area (TPSA) is 58.4 Å². The minimum absolute atomic E-state index is 0.103. The molecule has 4 nitrogen and oxygen atoms in total. The van der Waals surface area contributed by atoms with E-state index in [1.54, 1.807) is 12.1 Å². The number of carbonyl (C=O) groups is 1. The van der Waals surface area contributed by atoms with Gasteiger partial charge in [-0.15, -0.1) is 0 Å². The van der Waals surface area contributed by atoms with Gasteiger partial charge in [-0.25, -0.2) is 0 Å². The van der Waals surface area contributed by atoms with Crippen LogP contribution in [0.1, 0.15) is 22.8 Å². The lowest BCUT2D eigenvalue weighted by atomic mass is 10.1. The SMILES string of the molecule is CCNC(=O)c1ccc(N(C)c2ccc(C)cc2)c(N)c1. The number of amides is 1. The van der Waals surface area contributed by atoms with Crippen LogP contribution in [0, 0.1) is 6.92 Å². The van der Waals surface area contributed by atoms with Crippen molar-refractivity contribution in [2.45, 2.75) is 13.8 Å². The van der Waals surface area contributed by atoms with E-state index in [0.717, 1.165) is 11.4 Å². The van der Waals surface area contributed by atoms with Crippen LogP contribution >= 0.6 is 0 Å². The first kappa shape index (κ1) is 14.9. The minimum atomic E-state index is -0.103. The summed E-state index contributed by atoms with van der Waals surface area (Å²) in [5, 5.41) is 2.77. The average Bonchev–Trinajstić information content (AvgIpc) is 2.47. The first-order chi connectivity index (χ1) is 10.0. The highest BCUT2D eigenvalue weighted by Crippen LogP contribution is 2.29. The van der Waals surface area contributed by atoms with E-state index in [4.69, 9.17) is 5.73 Å². The molecular formula is C17H21N3O. The van der Waals surface area contributed by atoms with Crippen molar-refractivity contribution in [1.82, 2.24) is 5.32 Å². The summed E-state index contributed by atoms with van der Waals surface area (Å²) in [7, 11) is 1.96. The molecule has 1 amide bonds. The lowest BCUT2D eigenvalue weighted by Crippen LogP contribution is -2.23. The van der Waals surface area contributed by atoms with E-state index in [1.807, 2.05) is 37.1 Å². The standard InChI is InChI=1S/C17H21N3O/c1-4-19-17(21)13-7-10-16(15(18)11-13)20(3)14-8-5-12(2)6-9-14/h5-11H,4,18H2,1-3H3,(H,19,21). The lowest BCUT2D eigenvalue weighted by Gasteiger charge is -2.22. The van der Waals surface area contributed by atoms with Gasteiger partial charge in [-0.2, -0.15) is 0 Å². The van der Waals surface area contributed by atoms with Crippen molar-refractivity contribution in [3.63, 3.8) is 0 Å². The molecule has 3 N–H and O–H groups in total. The number of nitrogens with two attached hydrogens (primary N) is 1. The van der Waals surface area contributed by atoms with Gasteiger partial charge in [0, 0.05) is 24.8 Å². The number of nitrogens with zero attached hydrogens (tertiary/aromatic N) is 1. The first-order valence-electron chi connectivity index (χ1n) is 7.01. The molecule has 2 aromatic carbocycles. The van der Waals surface area contributed by atoms with Crippen LogP contribution in [0.25, 0.3) is 0 Å². The van der Waals surface area contributed by atoms with Crippen LogP contribution in [0.3, 0.4) is 0 Å². The fourth-order valence-electron chi connectivity index (χ4n) is 2.17. The molecule has 0 radical (unpaired) electrons. The van der Waals surface area contributed by atoms with Gasteiger partial charge in [0.2, 0.25) is 0 Å². The Hall–Kier alpha value is -2.49. The van der Waals surface area contributed by atoms with Gasteiger partial charge in [0.15, 0.2) is 0 Å². The molecular weight excluding hydrogens is 262 g/mol. The predicted octanol–water partition coefficient (Wildman–Crippen LogP) is 3.09. The Morgan fingerprint density at radius 1 is 1.19 bits per heavy atom. The first-order valence-corrected chi connectivity index (χ1v) is 7.01. The van der Waals surface area contributed by atoms with Gasteiger partial charge < -0.3 is 16.0 Å². The third kappa shape index (κ3) is 3.34. The van der Waals surface area contributed by atoms with Gasteiger partial charge in [0.1, 0.15) is 0 Å². The maximum absolute atomic E-state index is 11.8. The molecule has 0 atom stereocenters. The van der Waals surface area contributed by atoms with Gasteiger partial charge in [-0.05, 0) is 44.2 Å². The van der Waals surface area contributed by atoms with Gasteiger partial charge in [0.25, 0.3) is 5.91 Å². The van der Waals surface area contributed by atoms with Crippen LogP contribution in [0.2, 0.25) is 0 Å². The Bertz CT molecular complexity index is 635. The molecule has 0 aliphatic rings. The molecule has 4 heteroatoms. The van der Waals surface area contributed by atoms with Crippen molar-refractivity contribution in [2.75, 3.05) is 24.2 Å². The quantitative estimate of drug-likeness (QED) is 0.848. The summed E-state index contributed by atoms with van der Waals surface area (Å²) in [6.45, 7) is 4.55. The fourth-order valence-corrected chi connectivity index (χ4v) is 2.17. The monoisotopic (exact) mass is 283 g/mol. The zero-order valence-corrected chi connectivity index (χ0v) is 12.7. The van der Waals surface area contributed by atoms with Crippen LogP contribution in [-0.2, 0) is 0 Å². The number of aryl methyl sites for hydroxylation is 1. The smallest absolute Gasteiger partial charge is 0.251 e. The van der Waals surface area contributed by atoms with Crippen molar-refractivity contribution in [2.24, 2.45) is 0 Å². The average molecular weight is 283 g/mol. The molecule has 2 aromatic rings. The predicted molar refractivity (Wildman–Crippen MR) is 88.1 cm³/mol. The van der Waals surface area contributed by atoms with Crippen LogP contribution in [0.15, 0.2) is 42.5 Å². The fraction of sp³-hybridized carbons (Fsp3) is 0.235. The van der Waals surface area contributed by atoms with E-state index in [0.29, 0.717) is 17.8 Å².